The van der Waals surface area contributed by atoms with Crippen LogP contribution >= 0.6 is 0 Å². The van der Waals surface area contributed by atoms with Crippen LogP contribution in [-0.4, -0.2) is 36.1 Å². The van der Waals surface area contributed by atoms with Crippen LogP contribution in [0, 0.1) is 5.82 Å². The molecule has 2 atom stereocenters. The van der Waals surface area contributed by atoms with Crippen LogP contribution in [0.4, 0.5) is 9.18 Å². The second-order valence-corrected chi connectivity index (χ2v) is 9.33. The van der Waals surface area contributed by atoms with Crippen molar-refractivity contribution in [1.29, 1.82) is 0 Å². The Balaban J connectivity index is 1.38. The quantitative estimate of drug-likeness (QED) is 0.437. The second kappa shape index (κ2) is 10.9. The van der Waals surface area contributed by atoms with Crippen LogP contribution in [0.3, 0.4) is 0 Å². The number of urea groups is 1. The SMILES string of the molecule is COC(=O)C1=C(c2cccc(OCc3ccccc3)c2)CC2CCC1N2C(=O)NCc1cccc(F)c1. The van der Waals surface area contributed by atoms with Crippen molar-refractivity contribution in [2.45, 2.75) is 44.5 Å². The van der Waals surface area contributed by atoms with E-state index in [2.05, 4.69) is 5.32 Å². The highest BCUT2D eigenvalue weighted by molar-refractivity contribution is 6.01. The van der Waals surface area contributed by atoms with Crippen molar-refractivity contribution in [3.05, 3.63) is 107 Å². The Bertz CT molecular complexity index is 1320. The number of amides is 2. The summed E-state index contributed by atoms with van der Waals surface area (Å²) in [5.74, 6) is -0.0695. The van der Waals surface area contributed by atoms with Crippen LogP contribution in [0.2, 0.25) is 0 Å². The number of esters is 1. The van der Waals surface area contributed by atoms with Crippen LogP contribution in [-0.2, 0) is 22.7 Å². The summed E-state index contributed by atoms with van der Waals surface area (Å²) < 4.78 is 24.7. The van der Waals surface area contributed by atoms with Gasteiger partial charge in [0.05, 0.1) is 18.7 Å². The zero-order chi connectivity index (χ0) is 25.8. The summed E-state index contributed by atoms with van der Waals surface area (Å²) in [6.45, 7) is 0.648. The van der Waals surface area contributed by atoms with Crippen molar-refractivity contribution < 1.29 is 23.5 Å². The highest BCUT2D eigenvalue weighted by Crippen LogP contribution is 2.44. The molecular weight excluding hydrogens is 471 g/mol. The number of nitrogens with zero attached hydrogens (tertiary/aromatic N) is 1. The Morgan fingerprint density at radius 1 is 0.973 bits per heavy atom. The van der Waals surface area contributed by atoms with Gasteiger partial charge < -0.3 is 19.7 Å². The molecule has 1 fully saturated rings. The van der Waals surface area contributed by atoms with E-state index in [1.54, 1.807) is 17.0 Å². The van der Waals surface area contributed by atoms with E-state index in [0.717, 1.165) is 23.1 Å². The standard InChI is InChI=1S/C30H29FN2O4/c1-36-29(34)28-26(22-10-6-12-25(16-22)37-19-20-7-3-2-4-8-20)17-24-13-14-27(28)33(24)30(35)32-18-21-9-5-11-23(31)15-21/h2-12,15-16,24,27H,13-14,17-19H2,1H3,(H,32,35). The summed E-state index contributed by atoms with van der Waals surface area (Å²) in [5.41, 5.74) is 4.03. The number of carbonyl (C=O) groups excluding carboxylic acids is 2. The molecule has 0 aromatic heterocycles. The van der Waals surface area contributed by atoms with E-state index >= 15 is 0 Å². The lowest BCUT2D eigenvalue weighted by Crippen LogP contribution is -2.50. The topological polar surface area (TPSA) is 67.9 Å². The van der Waals surface area contributed by atoms with E-state index in [1.165, 1.54) is 19.2 Å². The molecule has 2 heterocycles. The van der Waals surface area contributed by atoms with Crippen molar-refractivity contribution in [1.82, 2.24) is 10.2 Å². The van der Waals surface area contributed by atoms with Gasteiger partial charge in [0, 0.05) is 12.6 Å². The van der Waals surface area contributed by atoms with E-state index in [4.69, 9.17) is 9.47 Å². The molecule has 37 heavy (non-hydrogen) atoms. The Labute approximate surface area is 215 Å². The number of benzene rings is 3. The lowest BCUT2D eigenvalue weighted by molar-refractivity contribution is -0.136. The normalized spacial score (nSPS) is 18.5. The summed E-state index contributed by atoms with van der Waals surface area (Å²) in [6, 6.07) is 23.1. The molecule has 3 aromatic rings. The first-order valence-electron chi connectivity index (χ1n) is 12.4. The number of methoxy groups -OCH3 is 1. The molecule has 1 saturated heterocycles. The van der Waals surface area contributed by atoms with Gasteiger partial charge >= 0.3 is 12.0 Å². The molecule has 6 nitrogen and oxygen atoms in total. The smallest absolute Gasteiger partial charge is 0.336 e. The van der Waals surface area contributed by atoms with Gasteiger partial charge in [0.1, 0.15) is 18.2 Å². The third-order valence-corrected chi connectivity index (χ3v) is 7.00. The van der Waals surface area contributed by atoms with Crippen LogP contribution in [0.25, 0.3) is 5.57 Å². The van der Waals surface area contributed by atoms with Gasteiger partial charge in [-0.2, -0.15) is 0 Å². The molecule has 190 valence electrons. The predicted octanol–water partition coefficient (Wildman–Crippen LogP) is 5.48. The number of rotatable bonds is 7. The second-order valence-electron chi connectivity index (χ2n) is 9.33. The zero-order valence-electron chi connectivity index (χ0n) is 20.7. The van der Waals surface area contributed by atoms with E-state index in [0.29, 0.717) is 36.3 Å². The third kappa shape index (κ3) is 5.35. The number of halogens is 1. The van der Waals surface area contributed by atoms with Gasteiger partial charge in [-0.3, -0.25) is 0 Å². The van der Waals surface area contributed by atoms with Crippen molar-refractivity contribution in [3.63, 3.8) is 0 Å². The van der Waals surface area contributed by atoms with Gasteiger partial charge in [0.2, 0.25) is 0 Å². The first kappa shape index (κ1) is 24.6. The monoisotopic (exact) mass is 500 g/mol. The van der Waals surface area contributed by atoms with E-state index in [9.17, 15) is 14.0 Å². The number of ether oxygens (including phenoxy) is 2. The summed E-state index contributed by atoms with van der Waals surface area (Å²) >= 11 is 0. The fraction of sp³-hybridized carbons (Fsp3) is 0.267. The van der Waals surface area contributed by atoms with Gasteiger partial charge in [-0.1, -0.05) is 54.6 Å². The molecule has 3 aromatic carbocycles. The van der Waals surface area contributed by atoms with E-state index < -0.39 is 5.97 Å². The summed E-state index contributed by atoms with van der Waals surface area (Å²) in [6.07, 6.45) is 2.00. The molecule has 5 rings (SSSR count). The maximum atomic E-state index is 13.5. The van der Waals surface area contributed by atoms with Gasteiger partial charge in [0.15, 0.2) is 0 Å². The number of carbonyl (C=O) groups is 2. The average molecular weight is 501 g/mol. The number of nitrogens with one attached hydrogen (secondary N) is 1. The number of fused-ring (bicyclic) bond motifs is 2. The fourth-order valence-electron chi connectivity index (χ4n) is 5.29. The summed E-state index contributed by atoms with van der Waals surface area (Å²) in [5, 5.41) is 2.90. The van der Waals surface area contributed by atoms with Gasteiger partial charge in [0.25, 0.3) is 0 Å². The molecule has 2 bridgehead atoms. The lowest BCUT2D eigenvalue weighted by Gasteiger charge is -2.37. The molecule has 7 heteroatoms. The first-order chi connectivity index (χ1) is 18.0. The van der Waals surface area contributed by atoms with Crippen LogP contribution in [0.15, 0.2) is 84.4 Å². The minimum atomic E-state index is -0.432. The number of hydrogen-bond acceptors (Lipinski definition) is 4. The van der Waals surface area contributed by atoms with Crippen molar-refractivity contribution >= 4 is 17.6 Å². The predicted molar refractivity (Wildman–Crippen MR) is 138 cm³/mol. The molecule has 2 aliphatic rings. The average Bonchev–Trinajstić information content (AvgIpc) is 3.24. The van der Waals surface area contributed by atoms with Crippen LogP contribution in [0.5, 0.6) is 5.75 Å². The maximum absolute atomic E-state index is 13.5. The Kier molecular flexibility index (Phi) is 7.21. The fourth-order valence-corrected chi connectivity index (χ4v) is 5.29. The van der Waals surface area contributed by atoms with E-state index in [-0.39, 0.29) is 30.5 Å². The largest absolute Gasteiger partial charge is 0.489 e. The minimum absolute atomic E-state index is 0.0465. The molecule has 2 unspecified atom stereocenters. The molecule has 1 N–H and O–H groups in total. The zero-order valence-corrected chi connectivity index (χ0v) is 20.7. The molecule has 0 spiro atoms. The summed E-state index contributed by atoms with van der Waals surface area (Å²) in [7, 11) is 1.36. The number of hydrogen-bond donors (Lipinski definition) is 1. The molecular formula is C30H29FN2O4. The molecule has 2 amide bonds. The minimum Gasteiger partial charge on any atom is -0.489 e. The Hall–Kier alpha value is -4.13. The van der Waals surface area contributed by atoms with Gasteiger partial charge in [-0.05, 0) is 65.8 Å². The maximum Gasteiger partial charge on any atom is 0.336 e. The first-order valence-corrected chi connectivity index (χ1v) is 12.4. The van der Waals surface area contributed by atoms with Crippen LogP contribution < -0.4 is 10.1 Å². The van der Waals surface area contributed by atoms with Crippen molar-refractivity contribution in [2.75, 3.05) is 7.11 Å². The van der Waals surface area contributed by atoms with Gasteiger partial charge in [-0.15, -0.1) is 0 Å². The highest BCUT2D eigenvalue weighted by atomic mass is 19.1. The molecule has 0 aliphatic carbocycles. The Morgan fingerprint density at radius 2 is 1.76 bits per heavy atom. The molecule has 0 saturated carbocycles. The van der Waals surface area contributed by atoms with Crippen molar-refractivity contribution in [2.24, 2.45) is 0 Å². The van der Waals surface area contributed by atoms with Gasteiger partial charge in [-0.25, -0.2) is 14.0 Å². The van der Waals surface area contributed by atoms with E-state index in [1.807, 2.05) is 54.6 Å². The molecule has 2 aliphatic heterocycles. The van der Waals surface area contributed by atoms with Crippen LogP contribution in [0.1, 0.15) is 36.0 Å². The Morgan fingerprint density at radius 3 is 2.54 bits per heavy atom. The molecule has 0 radical (unpaired) electrons. The summed E-state index contributed by atoms with van der Waals surface area (Å²) in [4.78, 5) is 28.0. The highest BCUT2D eigenvalue weighted by Gasteiger charge is 2.46. The lowest BCUT2D eigenvalue weighted by atomic mass is 9.88. The third-order valence-electron chi connectivity index (χ3n) is 7.00. The van der Waals surface area contributed by atoms with Crippen molar-refractivity contribution in [3.8, 4) is 5.75 Å².